The summed E-state index contributed by atoms with van der Waals surface area (Å²) in [5.41, 5.74) is 0.834. The van der Waals surface area contributed by atoms with Gasteiger partial charge >= 0.3 is 5.97 Å². The number of hydrogen-bond donors (Lipinski definition) is 1. The summed E-state index contributed by atoms with van der Waals surface area (Å²) in [6.45, 7) is 5.97. The lowest BCUT2D eigenvalue weighted by molar-refractivity contribution is 0.0600. The molecule has 1 aromatic rings. The van der Waals surface area contributed by atoms with Crippen molar-refractivity contribution in [2.24, 2.45) is 0 Å². The molecule has 0 bridgehead atoms. The van der Waals surface area contributed by atoms with E-state index in [2.05, 4.69) is 32.9 Å². The molecular weight excluding hydrogens is 360 g/mol. The van der Waals surface area contributed by atoms with Crippen LogP contribution in [0.25, 0.3) is 0 Å². The summed E-state index contributed by atoms with van der Waals surface area (Å²) in [6, 6.07) is 4.87. The largest absolute Gasteiger partial charge is 0.465 e. The molecule has 130 valence electrons. The first-order valence-corrected chi connectivity index (χ1v) is 8.49. The summed E-state index contributed by atoms with van der Waals surface area (Å²) in [4.78, 5) is 25.2. The third kappa shape index (κ3) is 8.13. The Kier molecular flexibility index (Phi) is 11.3. The van der Waals surface area contributed by atoms with E-state index in [1.165, 1.54) is 13.5 Å². The maximum Gasteiger partial charge on any atom is 0.337 e. The zero-order chi connectivity index (χ0) is 17.8. The van der Waals surface area contributed by atoms with Gasteiger partial charge in [0.25, 0.3) is 5.91 Å². The smallest absolute Gasteiger partial charge is 0.337 e. The highest BCUT2D eigenvalue weighted by Crippen LogP contribution is 2.18. The molecule has 0 saturated heterocycles. The number of hydrogen-bond acceptors (Lipinski definition) is 4. The molecule has 6 heteroatoms. The third-order valence-electron chi connectivity index (χ3n) is 2.97. The maximum absolute atomic E-state index is 12.1. The molecule has 0 atom stereocenters. The predicted octanol–water partition coefficient (Wildman–Crippen LogP) is 3.33. The number of amides is 1. The molecule has 0 aliphatic heterocycles. The Bertz CT molecular complexity index is 505. The second-order valence-electron chi connectivity index (χ2n) is 5.05. The van der Waals surface area contributed by atoms with E-state index in [1.807, 2.05) is 14.0 Å². The minimum absolute atomic E-state index is 0.108. The van der Waals surface area contributed by atoms with Gasteiger partial charge in [0.15, 0.2) is 0 Å². The molecule has 0 fully saturated rings. The summed E-state index contributed by atoms with van der Waals surface area (Å²) in [6.07, 6.45) is 2.12. The fraction of sp³-hybridized carbons (Fsp3) is 0.529. The number of nitrogens with one attached hydrogen (secondary N) is 1. The Morgan fingerprint density at radius 3 is 2.22 bits per heavy atom. The average molecular weight is 387 g/mol. The number of halogens is 1. The zero-order valence-corrected chi connectivity index (χ0v) is 16.2. The molecule has 5 nitrogen and oxygen atoms in total. The number of nitrogens with zero attached hydrogens (tertiary/aromatic N) is 1. The Hall–Kier alpha value is -1.40. The van der Waals surface area contributed by atoms with Crippen LogP contribution in [0.1, 0.15) is 47.4 Å². The van der Waals surface area contributed by atoms with Gasteiger partial charge in [-0.05, 0) is 44.6 Å². The van der Waals surface area contributed by atoms with Gasteiger partial charge in [0, 0.05) is 23.6 Å². The van der Waals surface area contributed by atoms with Gasteiger partial charge in [-0.2, -0.15) is 0 Å². The van der Waals surface area contributed by atoms with Crippen molar-refractivity contribution in [1.29, 1.82) is 0 Å². The van der Waals surface area contributed by atoms with Crippen LogP contribution >= 0.6 is 15.9 Å². The Labute approximate surface area is 147 Å². The van der Waals surface area contributed by atoms with Crippen molar-refractivity contribution in [3.8, 4) is 0 Å². The van der Waals surface area contributed by atoms with E-state index < -0.39 is 5.97 Å². The van der Waals surface area contributed by atoms with Crippen LogP contribution in [-0.2, 0) is 4.74 Å². The second-order valence-corrected chi connectivity index (χ2v) is 5.97. The molecule has 23 heavy (non-hydrogen) atoms. The van der Waals surface area contributed by atoms with Crippen LogP contribution < -0.4 is 5.32 Å². The van der Waals surface area contributed by atoms with Gasteiger partial charge in [0.05, 0.1) is 12.7 Å². The molecule has 1 aromatic carbocycles. The highest BCUT2D eigenvalue weighted by Gasteiger charge is 2.15. The second kappa shape index (κ2) is 12.1. The Morgan fingerprint density at radius 2 is 1.78 bits per heavy atom. The molecule has 0 saturated carbocycles. The van der Waals surface area contributed by atoms with Gasteiger partial charge in [0.1, 0.15) is 0 Å². The summed E-state index contributed by atoms with van der Waals surface area (Å²) in [7, 11) is 5.02. The van der Waals surface area contributed by atoms with Crippen LogP contribution in [0.5, 0.6) is 0 Å². The molecule has 0 aliphatic rings. The fourth-order valence-corrected chi connectivity index (χ4v) is 2.35. The van der Waals surface area contributed by atoms with E-state index in [4.69, 9.17) is 0 Å². The standard InChI is InChI=1S/C13H16BrNO3.C4H11N/c1-4-5-15(2)12(16)9-6-10(13(17)18-3)8-11(14)7-9;1-3-4-5-2/h6-8H,4-5H2,1-3H3;5H,3-4H2,1-2H3. The molecule has 0 heterocycles. The highest BCUT2D eigenvalue weighted by atomic mass is 79.9. The van der Waals surface area contributed by atoms with Crippen LogP contribution in [0.3, 0.4) is 0 Å². The van der Waals surface area contributed by atoms with Crippen LogP contribution in [0.2, 0.25) is 0 Å². The molecule has 1 amide bonds. The topological polar surface area (TPSA) is 58.6 Å². The van der Waals surface area contributed by atoms with Crippen molar-refractivity contribution >= 4 is 27.8 Å². The molecule has 1 rings (SSSR count). The van der Waals surface area contributed by atoms with Crippen molar-refractivity contribution in [3.63, 3.8) is 0 Å². The summed E-state index contributed by atoms with van der Waals surface area (Å²) >= 11 is 3.29. The van der Waals surface area contributed by atoms with Crippen LogP contribution in [0.15, 0.2) is 22.7 Å². The maximum atomic E-state index is 12.1. The van der Waals surface area contributed by atoms with E-state index in [-0.39, 0.29) is 5.91 Å². The number of methoxy groups -OCH3 is 1. The molecule has 0 radical (unpaired) electrons. The fourth-order valence-electron chi connectivity index (χ4n) is 1.86. The molecule has 0 aliphatic carbocycles. The monoisotopic (exact) mass is 386 g/mol. The van der Waals surface area contributed by atoms with Crippen LogP contribution in [-0.4, -0.2) is 51.1 Å². The minimum atomic E-state index is -0.455. The lowest BCUT2D eigenvalue weighted by Crippen LogP contribution is -2.27. The van der Waals surface area contributed by atoms with Gasteiger partial charge in [-0.15, -0.1) is 0 Å². The third-order valence-corrected chi connectivity index (χ3v) is 3.43. The molecular formula is C17H27BrN2O3. The lowest BCUT2D eigenvalue weighted by atomic mass is 10.1. The normalized spacial score (nSPS) is 9.65. The number of carbonyl (C=O) groups excluding carboxylic acids is 2. The van der Waals surface area contributed by atoms with Crippen molar-refractivity contribution < 1.29 is 14.3 Å². The van der Waals surface area contributed by atoms with Crippen LogP contribution in [0, 0.1) is 0 Å². The Balaban J connectivity index is 0.000000841. The van der Waals surface area contributed by atoms with Gasteiger partial charge in [-0.25, -0.2) is 4.79 Å². The number of benzene rings is 1. The number of esters is 1. The quantitative estimate of drug-likeness (QED) is 0.761. The summed E-state index contributed by atoms with van der Waals surface area (Å²) in [5.74, 6) is -0.563. The van der Waals surface area contributed by atoms with Crippen molar-refractivity contribution in [1.82, 2.24) is 10.2 Å². The van der Waals surface area contributed by atoms with Crippen molar-refractivity contribution in [3.05, 3.63) is 33.8 Å². The van der Waals surface area contributed by atoms with Crippen LogP contribution in [0.4, 0.5) is 0 Å². The first kappa shape index (κ1) is 21.6. The van der Waals surface area contributed by atoms with Crippen molar-refractivity contribution in [2.75, 3.05) is 34.3 Å². The van der Waals surface area contributed by atoms with Gasteiger partial charge in [-0.3, -0.25) is 4.79 Å². The van der Waals surface area contributed by atoms with Gasteiger partial charge in [0.2, 0.25) is 0 Å². The first-order chi connectivity index (χ1) is 10.9. The SMILES string of the molecule is CCCN(C)C(=O)c1cc(Br)cc(C(=O)OC)c1.CCCNC. The van der Waals surface area contributed by atoms with E-state index in [0.29, 0.717) is 22.1 Å². The Morgan fingerprint density at radius 1 is 1.17 bits per heavy atom. The zero-order valence-electron chi connectivity index (χ0n) is 14.6. The van der Waals surface area contributed by atoms with E-state index in [1.54, 1.807) is 30.1 Å². The molecule has 1 N–H and O–H groups in total. The van der Waals surface area contributed by atoms with E-state index in [0.717, 1.165) is 13.0 Å². The minimum Gasteiger partial charge on any atom is -0.465 e. The lowest BCUT2D eigenvalue weighted by Gasteiger charge is -2.16. The predicted molar refractivity (Wildman–Crippen MR) is 97.0 cm³/mol. The molecule has 0 aromatic heterocycles. The van der Waals surface area contributed by atoms with E-state index in [9.17, 15) is 9.59 Å². The summed E-state index contributed by atoms with van der Waals surface area (Å²) in [5, 5.41) is 3.02. The highest BCUT2D eigenvalue weighted by molar-refractivity contribution is 9.10. The average Bonchev–Trinajstić information content (AvgIpc) is 2.54. The number of ether oxygens (including phenoxy) is 1. The molecule has 0 unspecified atom stereocenters. The van der Waals surface area contributed by atoms with Crippen molar-refractivity contribution in [2.45, 2.75) is 26.7 Å². The molecule has 0 spiro atoms. The number of rotatable bonds is 6. The van der Waals surface area contributed by atoms with E-state index >= 15 is 0 Å². The van der Waals surface area contributed by atoms with Gasteiger partial charge < -0.3 is 15.0 Å². The van der Waals surface area contributed by atoms with Gasteiger partial charge in [-0.1, -0.05) is 29.8 Å². The number of carbonyl (C=O) groups is 2. The first-order valence-electron chi connectivity index (χ1n) is 7.70. The summed E-state index contributed by atoms with van der Waals surface area (Å²) < 4.78 is 5.33.